The molecule has 0 spiro atoms. The summed E-state index contributed by atoms with van der Waals surface area (Å²) in [6.07, 6.45) is 0.817. The van der Waals surface area contributed by atoms with E-state index >= 15 is 0 Å². The predicted octanol–water partition coefficient (Wildman–Crippen LogP) is 1.18. The van der Waals surface area contributed by atoms with Gasteiger partial charge in [0, 0.05) is 19.8 Å². The third-order valence-electron chi connectivity index (χ3n) is 2.15. The van der Waals surface area contributed by atoms with Gasteiger partial charge in [0.25, 0.3) is 0 Å². The smallest absolute Gasteiger partial charge is 0.379 e. The highest BCUT2D eigenvalue weighted by Crippen LogP contribution is 1.93. The van der Waals surface area contributed by atoms with E-state index in [0.29, 0.717) is 39.6 Å². The minimum Gasteiger partial charge on any atom is -0.379 e. The first-order valence-corrected chi connectivity index (χ1v) is 6.50. The standard InChI is InChI=1S/C13H25NO4/c1-4-16-8-9-18-11-10-17-7-5-6-14-13(15)12(2)3/h4-11H2,1-3H3/p+1. The highest BCUT2D eigenvalue weighted by atomic mass is 16.5. The summed E-state index contributed by atoms with van der Waals surface area (Å²) in [5.41, 5.74) is 0. The maximum absolute atomic E-state index is 11.2. The second-order valence-corrected chi connectivity index (χ2v) is 4.03. The Hall–Kier alpha value is -0.780. The van der Waals surface area contributed by atoms with E-state index in [-0.39, 0.29) is 5.91 Å². The van der Waals surface area contributed by atoms with Crippen molar-refractivity contribution in [3.63, 3.8) is 0 Å². The van der Waals surface area contributed by atoms with Crippen LogP contribution in [0.2, 0.25) is 0 Å². The van der Waals surface area contributed by atoms with E-state index in [9.17, 15) is 4.79 Å². The quantitative estimate of drug-likeness (QED) is 0.423. The summed E-state index contributed by atoms with van der Waals surface area (Å²) < 4.78 is 15.8. The first-order chi connectivity index (χ1) is 8.68. The normalized spacial score (nSPS) is 10.4. The molecular weight excluding hydrogens is 234 g/mol. The molecule has 0 fully saturated rings. The van der Waals surface area contributed by atoms with Crippen molar-refractivity contribution in [1.82, 2.24) is 5.32 Å². The summed E-state index contributed by atoms with van der Waals surface area (Å²) >= 11 is 0. The van der Waals surface area contributed by atoms with E-state index in [1.54, 1.807) is 13.8 Å². The molecule has 0 aromatic heterocycles. The molecule has 0 aromatic carbocycles. The van der Waals surface area contributed by atoms with Gasteiger partial charge in [0.1, 0.15) is 0 Å². The van der Waals surface area contributed by atoms with Crippen LogP contribution < -0.4 is 5.32 Å². The lowest BCUT2D eigenvalue weighted by molar-refractivity contribution is -0.119. The van der Waals surface area contributed by atoms with Crippen LogP contribution in [0.15, 0.2) is 0 Å². The average molecular weight is 260 g/mol. The maximum atomic E-state index is 11.2. The van der Waals surface area contributed by atoms with Crippen LogP contribution in [0.5, 0.6) is 0 Å². The molecule has 0 aliphatic heterocycles. The van der Waals surface area contributed by atoms with Gasteiger partial charge in [-0.15, -0.1) is 0 Å². The van der Waals surface area contributed by atoms with Crippen LogP contribution in [-0.2, 0) is 19.0 Å². The van der Waals surface area contributed by atoms with Gasteiger partial charge in [0.15, 0.2) is 5.92 Å². The fourth-order valence-electron chi connectivity index (χ4n) is 1.14. The van der Waals surface area contributed by atoms with Crippen molar-refractivity contribution >= 4 is 5.91 Å². The molecule has 1 amide bonds. The lowest BCUT2D eigenvalue weighted by Gasteiger charge is -2.06. The number of carbonyl (C=O) groups excluding carboxylic acids is 1. The van der Waals surface area contributed by atoms with Crippen molar-refractivity contribution in [3.05, 3.63) is 5.92 Å². The molecule has 0 saturated carbocycles. The van der Waals surface area contributed by atoms with Gasteiger partial charge in [-0.1, -0.05) is 0 Å². The fraction of sp³-hybridized carbons (Fsp3) is 0.846. The number of rotatable bonds is 12. The molecule has 0 aliphatic rings. The number of hydrogen-bond donors (Lipinski definition) is 1. The van der Waals surface area contributed by atoms with Crippen LogP contribution in [0.1, 0.15) is 27.2 Å². The SMILES string of the molecule is CCOCCOCCOCCCNC(=O)[C+](C)C. The van der Waals surface area contributed by atoms with Crippen molar-refractivity contribution in [2.45, 2.75) is 27.2 Å². The van der Waals surface area contributed by atoms with Crippen molar-refractivity contribution in [3.8, 4) is 0 Å². The number of ether oxygens (including phenoxy) is 3. The highest BCUT2D eigenvalue weighted by molar-refractivity contribution is 5.88. The second kappa shape index (κ2) is 12.7. The Bertz CT molecular complexity index is 197. The number of nitrogens with one attached hydrogen (secondary N) is 1. The zero-order valence-electron chi connectivity index (χ0n) is 11.8. The fourth-order valence-corrected chi connectivity index (χ4v) is 1.14. The predicted molar refractivity (Wildman–Crippen MR) is 70.3 cm³/mol. The van der Waals surface area contributed by atoms with Crippen molar-refractivity contribution in [2.24, 2.45) is 0 Å². The van der Waals surface area contributed by atoms with Gasteiger partial charge in [-0.25, -0.2) is 4.79 Å². The van der Waals surface area contributed by atoms with Crippen molar-refractivity contribution < 1.29 is 19.0 Å². The van der Waals surface area contributed by atoms with Gasteiger partial charge in [-0.2, -0.15) is 0 Å². The molecule has 5 heteroatoms. The zero-order valence-corrected chi connectivity index (χ0v) is 11.8. The first-order valence-electron chi connectivity index (χ1n) is 6.50. The lowest BCUT2D eigenvalue weighted by Crippen LogP contribution is -2.28. The van der Waals surface area contributed by atoms with E-state index < -0.39 is 0 Å². The second-order valence-electron chi connectivity index (χ2n) is 4.03. The minimum absolute atomic E-state index is 0.00857. The van der Waals surface area contributed by atoms with E-state index in [0.717, 1.165) is 18.9 Å². The summed E-state index contributed by atoms with van der Waals surface area (Å²) in [4.78, 5) is 11.2. The highest BCUT2D eigenvalue weighted by Gasteiger charge is 2.16. The number of carbonyl (C=O) groups is 1. The topological polar surface area (TPSA) is 56.8 Å². The van der Waals surface area contributed by atoms with E-state index in [1.807, 2.05) is 6.92 Å². The van der Waals surface area contributed by atoms with Crippen LogP contribution in [0.3, 0.4) is 0 Å². The third-order valence-corrected chi connectivity index (χ3v) is 2.15. The molecule has 1 N–H and O–H groups in total. The first kappa shape index (κ1) is 17.2. The summed E-state index contributed by atoms with van der Waals surface area (Å²) in [5, 5.41) is 2.80. The van der Waals surface area contributed by atoms with Crippen LogP contribution in [0.4, 0.5) is 0 Å². The average Bonchev–Trinajstić information content (AvgIpc) is 2.35. The molecule has 18 heavy (non-hydrogen) atoms. The van der Waals surface area contributed by atoms with Gasteiger partial charge < -0.3 is 19.5 Å². The summed E-state index contributed by atoms with van der Waals surface area (Å²) in [6, 6.07) is 0. The molecule has 5 nitrogen and oxygen atoms in total. The maximum Gasteiger partial charge on any atom is 0.403 e. The molecular formula is C13H26NO4+. The van der Waals surface area contributed by atoms with E-state index in [4.69, 9.17) is 14.2 Å². The number of hydrogen-bond acceptors (Lipinski definition) is 4. The molecule has 0 rings (SSSR count). The molecule has 0 radical (unpaired) electrons. The van der Waals surface area contributed by atoms with Crippen molar-refractivity contribution in [2.75, 3.05) is 46.2 Å². The minimum atomic E-state index is 0.00857. The van der Waals surface area contributed by atoms with Gasteiger partial charge in [-0.3, -0.25) is 0 Å². The zero-order chi connectivity index (χ0) is 13.6. The number of amides is 1. The Morgan fingerprint density at radius 3 is 2.11 bits per heavy atom. The molecule has 0 atom stereocenters. The van der Waals surface area contributed by atoms with Gasteiger partial charge in [0.2, 0.25) is 0 Å². The molecule has 0 saturated heterocycles. The molecule has 0 aliphatic carbocycles. The van der Waals surface area contributed by atoms with E-state index in [2.05, 4.69) is 5.32 Å². The molecule has 0 unspecified atom stereocenters. The Kier molecular flexibility index (Phi) is 12.1. The van der Waals surface area contributed by atoms with Crippen molar-refractivity contribution in [1.29, 1.82) is 0 Å². The van der Waals surface area contributed by atoms with Gasteiger partial charge in [0.05, 0.1) is 40.3 Å². The lowest BCUT2D eigenvalue weighted by atomic mass is 10.2. The monoisotopic (exact) mass is 260 g/mol. The Labute approximate surface area is 110 Å². The van der Waals surface area contributed by atoms with Gasteiger partial charge >= 0.3 is 5.91 Å². The van der Waals surface area contributed by atoms with E-state index in [1.165, 1.54) is 0 Å². The largest absolute Gasteiger partial charge is 0.403 e. The van der Waals surface area contributed by atoms with Gasteiger partial charge in [-0.05, 0) is 13.3 Å². The van der Waals surface area contributed by atoms with Crippen LogP contribution >= 0.6 is 0 Å². The van der Waals surface area contributed by atoms with Crippen LogP contribution in [0, 0.1) is 5.92 Å². The molecule has 0 heterocycles. The third kappa shape index (κ3) is 11.7. The summed E-state index contributed by atoms with van der Waals surface area (Å²) in [6.45, 7) is 9.97. The van der Waals surface area contributed by atoms with Crippen LogP contribution in [0.25, 0.3) is 0 Å². The summed E-state index contributed by atoms with van der Waals surface area (Å²) in [5.74, 6) is 0.785. The molecule has 0 aromatic rings. The Morgan fingerprint density at radius 2 is 1.56 bits per heavy atom. The van der Waals surface area contributed by atoms with Crippen LogP contribution in [-0.4, -0.2) is 52.1 Å². The molecule has 0 bridgehead atoms. The Balaban J connectivity index is 3.05. The summed E-state index contributed by atoms with van der Waals surface area (Å²) in [7, 11) is 0. The Morgan fingerprint density at radius 1 is 1.00 bits per heavy atom. The molecule has 106 valence electrons.